The maximum absolute atomic E-state index is 5.65. The van der Waals surface area contributed by atoms with Gasteiger partial charge in [-0.3, -0.25) is 0 Å². The quantitative estimate of drug-likeness (QED) is 0.720. The van der Waals surface area contributed by atoms with Gasteiger partial charge < -0.3 is 20.1 Å². The molecule has 0 aliphatic rings. The molecule has 0 aliphatic heterocycles. The topological polar surface area (TPSA) is 42.5 Å². The van der Waals surface area contributed by atoms with E-state index in [2.05, 4.69) is 17.6 Å². The summed E-state index contributed by atoms with van der Waals surface area (Å²) in [4.78, 5) is 0. The monoisotopic (exact) mass is 314 g/mol. The van der Waals surface area contributed by atoms with Gasteiger partial charge in [0, 0.05) is 12.6 Å². The number of hydrogen-bond acceptors (Lipinski definition) is 4. The summed E-state index contributed by atoms with van der Waals surface area (Å²) in [6.07, 6.45) is 0. The maximum Gasteiger partial charge on any atom is 0.142 e. The highest BCUT2D eigenvalue weighted by Crippen LogP contribution is 2.26. The van der Waals surface area contributed by atoms with Gasteiger partial charge in [0.15, 0.2) is 0 Å². The van der Waals surface area contributed by atoms with Crippen LogP contribution in [0, 0.1) is 0 Å². The summed E-state index contributed by atoms with van der Waals surface area (Å²) >= 11 is 0. The minimum atomic E-state index is 0.242. The van der Waals surface area contributed by atoms with E-state index in [0.29, 0.717) is 13.2 Å². The first kappa shape index (κ1) is 17.0. The molecule has 4 heteroatoms. The Bertz CT molecular complexity index is 601. The molecule has 2 N–H and O–H groups in total. The van der Waals surface area contributed by atoms with Crippen molar-refractivity contribution in [2.45, 2.75) is 26.8 Å². The van der Waals surface area contributed by atoms with Crippen LogP contribution in [0.1, 0.15) is 20.8 Å². The molecule has 1 unspecified atom stereocenters. The number of hydrogen-bond donors (Lipinski definition) is 2. The Morgan fingerprint density at radius 2 is 1.35 bits per heavy atom. The summed E-state index contributed by atoms with van der Waals surface area (Å²) in [6.45, 7) is 8.23. The Morgan fingerprint density at radius 1 is 0.826 bits per heavy atom. The summed E-state index contributed by atoms with van der Waals surface area (Å²) < 4.78 is 11.3. The first-order valence-corrected chi connectivity index (χ1v) is 8.18. The Kier molecular flexibility index (Phi) is 6.60. The molecule has 0 heterocycles. The zero-order chi connectivity index (χ0) is 16.5. The van der Waals surface area contributed by atoms with E-state index in [9.17, 15) is 0 Å². The van der Waals surface area contributed by atoms with Gasteiger partial charge in [-0.2, -0.15) is 0 Å². The molecular weight excluding hydrogens is 288 g/mol. The largest absolute Gasteiger partial charge is 0.492 e. The number of rotatable bonds is 9. The van der Waals surface area contributed by atoms with E-state index in [-0.39, 0.29) is 6.04 Å². The highest BCUT2D eigenvalue weighted by atomic mass is 16.5. The van der Waals surface area contributed by atoms with Crippen LogP contribution >= 0.6 is 0 Å². The van der Waals surface area contributed by atoms with Crippen LogP contribution in [-0.4, -0.2) is 25.8 Å². The Morgan fingerprint density at radius 3 is 1.96 bits per heavy atom. The molecule has 2 aromatic carbocycles. The lowest BCUT2D eigenvalue weighted by Gasteiger charge is -2.20. The molecule has 4 nitrogen and oxygen atoms in total. The van der Waals surface area contributed by atoms with Crippen molar-refractivity contribution in [3.05, 3.63) is 48.5 Å². The van der Waals surface area contributed by atoms with E-state index in [4.69, 9.17) is 9.47 Å². The van der Waals surface area contributed by atoms with Crippen molar-refractivity contribution < 1.29 is 9.47 Å². The molecule has 0 bridgehead atoms. The summed E-state index contributed by atoms with van der Waals surface area (Å²) in [5.74, 6) is 1.77. The summed E-state index contributed by atoms with van der Waals surface area (Å²) in [7, 11) is 0. The SMILES string of the molecule is CCOc1ccccc1NCC(C)Nc1ccccc1OCC. The summed E-state index contributed by atoms with van der Waals surface area (Å²) in [5.41, 5.74) is 2.03. The summed E-state index contributed by atoms with van der Waals surface area (Å²) in [6, 6.07) is 16.3. The van der Waals surface area contributed by atoms with Crippen LogP contribution in [0.3, 0.4) is 0 Å². The number of benzene rings is 2. The van der Waals surface area contributed by atoms with Crippen molar-refractivity contribution in [2.75, 3.05) is 30.4 Å². The van der Waals surface area contributed by atoms with E-state index < -0.39 is 0 Å². The molecule has 0 aliphatic carbocycles. The number of nitrogens with one attached hydrogen (secondary N) is 2. The van der Waals surface area contributed by atoms with E-state index in [0.717, 1.165) is 29.4 Å². The Labute approximate surface area is 138 Å². The molecule has 0 spiro atoms. The first-order chi connectivity index (χ1) is 11.2. The standard InChI is InChI=1S/C19H26N2O2/c1-4-22-18-12-8-6-10-16(18)20-14-15(3)21-17-11-7-9-13-19(17)23-5-2/h6-13,15,20-21H,4-5,14H2,1-3H3. The van der Waals surface area contributed by atoms with Crippen LogP contribution in [0.15, 0.2) is 48.5 Å². The van der Waals surface area contributed by atoms with Gasteiger partial charge in [0.25, 0.3) is 0 Å². The molecule has 124 valence electrons. The second-order valence-electron chi connectivity index (χ2n) is 5.28. The molecule has 0 saturated carbocycles. The lowest BCUT2D eigenvalue weighted by molar-refractivity contribution is 0.341. The van der Waals surface area contributed by atoms with Crippen molar-refractivity contribution in [3.63, 3.8) is 0 Å². The van der Waals surface area contributed by atoms with Gasteiger partial charge in [0.05, 0.1) is 24.6 Å². The van der Waals surface area contributed by atoms with E-state index >= 15 is 0 Å². The first-order valence-electron chi connectivity index (χ1n) is 8.18. The molecule has 0 fully saturated rings. The zero-order valence-electron chi connectivity index (χ0n) is 14.1. The predicted molar refractivity (Wildman–Crippen MR) is 96.8 cm³/mol. The van der Waals surface area contributed by atoms with Crippen molar-refractivity contribution >= 4 is 11.4 Å². The number of anilines is 2. The number of para-hydroxylation sites is 4. The van der Waals surface area contributed by atoms with Crippen molar-refractivity contribution in [3.8, 4) is 11.5 Å². The van der Waals surface area contributed by atoms with Gasteiger partial charge in [0.2, 0.25) is 0 Å². The van der Waals surface area contributed by atoms with Crippen LogP contribution in [0.5, 0.6) is 11.5 Å². The van der Waals surface area contributed by atoms with Crippen LogP contribution < -0.4 is 20.1 Å². The molecule has 2 aromatic rings. The third-order valence-corrected chi connectivity index (χ3v) is 3.37. The Balaban J connectivity index is 1.94. The summed E-state index contributed by atoms with van der Waals surface area (Å²) in [5, 5.41) is 6.93. The smallest absolute Gasteiger partial charge is 0.142 e. The van der Waals surface area contributed by atoms with E-state index in [1.165, 1.54) is 0 Å². The van der Waals surface area contributed by atoms with E-state index in [1.54, 1.807) is 0 Å². The van der Waals surface area contributed by atoms with Gasteiger partial charge in [-0.25, -0.2) is 0 Å². The fourth-order valence-corrected chi connectivity index (χ4v) is 2.34. The molecule has 1 atom stereocenters. The molecule has 0 amide bonds. The lowest BCUT2D eigenvalue weighted by atomic mass is 10.2. The molecule has 2 rings (SSSR count). The van der Waals surface area contributed by atoms with Gasteiger partial charge in [-0.1, -0.05) is 24.3 Å². The maximum atomic E-state index is 5.65. The van der Waals surface area contributed by atoms with Gasteiger partial charge in [0.1, 0.15) is 11.5 Å². The second-order valence-corrected chi connectivity index (χ2v) is 5.28. The highest BCUT2D eigenvalue weighted by molar-refractivity contribution is 5.58. The van der Waals surface area contributed by atoms with E-state index in [1.807, 2.05) is 62.4 Å². The second kappa shape index (κ2) is 8.93. The number of ether oxygens (including phenoxy) is 2. The van der Waals surface area contributed by atoms with Gasteiger partial charge in [-0.15, -0.1) is 0 Å². The predicted octanol–water partition coefficient (Wildman–Crippen LogP) is 4.40. The van der Waals surface area contributed by atoms with Crippen LogP contribution in [-0.2, 0) is 0 Å². The minimum absolute atomic E-state index is 0.242. The van der Waals surface area contributed by atoms with Gasteiger partial charge in [-0.05, 0) is 45.0 Å². The van der Waals surface area contributed by atoms with Crippen molar-refractivity contribution in [1.82, 2.24) is 0 Å². The Hall–Kier alpha value is -2.36. The molecule has 0 radical (unpaired) electrons. The zero-order valence-corrected chi connectivity index (χ0v) is 14.1. The molecule has 0 aromatic heterocycles. The van der Waals surface area contributed by atoms with Gasteiger partial charge >= 0.3 is 0 Å². The third-order valence-electron chi connectivity index (χ3n) is 3.37. The van der Waals surface area contributed by atoms with Crippen LogP contribution in [0.25, 0.3) is 0 Å². The molecular formula is C19H26N2O2. The highest BCUT2D eigenvalue weighted by Gasteiger charge is 2.08. The third kappa shape index (κ3) is 5.09. The average molecular weight is 314 g/mol. The molecule has 0 saturated heterocycles. The normalized spacial score (nSPS) is 11.6. The van der Waals surface area contributed by atoms with Crippen molar-refractivity contribution in [1.29, 1.82) is 0 Å². The average Bonchev–Trinajstić information content (AvgIpc) is 2.56. The molecule has 23 heavy (non-hydrogen) atoms. The van der Waals surface area contributed by atoms with Crippen LogP contribution in [0.4, 0.5) is 11.4 Å². The van der Waals surface area contributed by atoms with Crippen molar-refractivity contribution in [2.24, 2.45) is 0 Å². The lowest BCUT2D eigenvalue weighted by Crippen LogP contribution is -2.25. The fraction of sp³-hybridized carbons (Fsp3) is 0.368. The minimum Gasteiger partial charge on any atom is -0.492 e. The fourth-order valence-electron chi connectivity index (χ4n) is 2.34. The van der Waals surface area contributed by atoms with Crippen LogP contribution in [0.2, 0.25) is 0 Å².